The fourth-order valence-corrected chi connectivity index (χ4v) is 0.456. The van der Waals surface area contributed by atoms with E-state index in [0.717, 1.165) is 6.42 Å². The van der Waals surface area contributed by atoms with E-state index >= 15 is 0 Å². The van der Waals surface area contributed by atoms with Gasteiger partial charge in [-0.2, -0.15) is 0 Å². The Balaban J connectivity index is 0.000000222. The van der Waals surface area contributed by atoms with E-state index in [2.05, 4.69) is 11.1 Å². The predicted octanol–water partition coefficient (Wildman–Crippen LogP) is 2.39. The van der Waals surface area contributed by atoms with E-state index in [4.69, 9.17) is 0 Å². The molecular weight excluding hydrogens is 98.1 g/mol. The van der Waals surface area contributed by atoms with Crippen LogP contribution in [0.4, 0.5) is 0 Å². The Morgan fingerprint density at radius 1 is 1.50 bits per heavy atom. The number of hydrogen-bond donors (Lipinski definition) is 0. The molecule has 0 unspecified atom stereocenters. The molecule has 46 valence electrons. The minimum Gasteiger partial charge on any atom is -0.266 e. The Morgan fingerprint density at radius 3 is 2.25 bits per heavy atom. The highest BCUT2D eigenvalue weighted by molar-refractivity contribution is 5.85. The molecule has 1 aliphatic rings. The lowest BCUT2D eigenvalue weighted by Crippen LogP contribution is -1.78. The Kier molecular flexibility index (Phi) is 4.23. The van der Waals surface area contributed by atoms with E-state index in [1.165, 1.54) is 5.71 Å². The van der Waals surface area contributed by atoms with Crippen LogP contribution >= 0.6 is 0 Å². The number of allylic oxidation sites excluding steroid dienone is 1. The van der Waals surface area contributed by atoms with Crippen molar-refractivity contribution in [3.63, 3.8) is 0 Å². The second-order valence-electron chi connectivity index (χ2n) is 1.45. The van der Waals surface area contributed by atoms with Crippen molar-refractivity contribution >= 4 is 5.71 Å². The van der Waals surface area contributed by atoms with Crippen LogP contribution in [0, 0.1) is 0 Å². The molecule has 1 rings (SSSR count). The molecule has 0 N–H and O–H groups in total. The SMILES string of the molecule is CC.CC1=NC=CC1. The number of rotatable bonds is 0. The molecular formula is C7H13N. The van der Waals surface area contributed by atoms with Crippen molar-refractivity contribution in [2.24, 2.45) is 4.99 Å². The van der Waals surface area contributed by atoms with Crippen molar-refractivity contribution < 1.29 is 0 Å². The molecule has 0 saturated carbocycles. The van der Waals surface area contributed by atoms with Gasteiger partial charge in [0.25, 0.3) is 0 Å². The van der Waals surface area contributed by atoms with Crippen LogP contribution in [0.2, 0.25) is 0 Å². The van der Waals surface area contributed by atoms with Crippen LogP contribution in [-0.4, -0.2) is 5.71 Å². The molecule has 0 aliphatic carbocycles. The third kappa shape index (κ3) is 2.56. The number of aliphatic imine (C=N–C) groups is 1. The predicted molar refractivity (Wildman–Crippen MR) is 38.2 cm³/mol. The largest absolute Gasteiger partial charge is 0.266 e. The van der Waals surface area contributed by atoms with Gasteiger partial charge in [-0.15, -0.1) is 0 Å². The topological polar surface area (TPSA) is 12.4 Å². The average Bonchev–Trinajstić information content (AvgIpc) is 2.24. The van der Waals surface area contributed by atoms with Crippen molar-refractivity contribution in [1.29, 1.82) is 0 Å². The van der Waals surface area contributed by atoms with Crippen LogP contribution in [0.3, 0.4) is 0 Å². The highest BCUT2D eigenvalue weighted by Gasteiger charge is 1.88. The first-order valence-corrected chi connectivity index (χ1v) is 3.08. The lowest BCUT2D eigenvalue weighted by Gasteiger charge is -1.76. The first-order valence-electron chi connectivity index (χ1n) is 3.08. The molecule has 1 aliphatic heterocycles. The van der Waals surface area contributed by atoms with Crippen molar-refractivity contribution in [3.8, 4) is 0 Å². The fourth-order valence-electron chi connectivity index (χ4n) is 0.456. The van der Waals surface area contributed by atoms with Gasteiger partial charge in [-0.3, -0.25) is 4.99 Å². The molecule has 0 bridgehead atoms. The zero-order chi connectivity index (χ0) is 6.41. The molecule has 0 spiro atoms. The monoisotopic (exact) mass is 111 g/mol. The van der Waals surface area contributed by atoms with E-state index in [0.29, 0.717) is 0 Å². The summed E-state index contributed by atoms with van der Waals surface area (Å²) >= 11 is 0. The van der Waals surface area contributed by atoms with Gasteiger partial charge in [-0.05, 0) is 6.92 Å². The second kappa shape index (κ2) is 4.57. The van der Waals surface area contributed by atoms with Crippen molar-refractivity contribution in [2.75, 3.05) is 0 Å². The van der Waals surface area contributed by atoms with E-state index in [1.807, 2.05) is 27.0 Å². The summed E-state index contributed by atoms with van der Waals surface area (Å²) in [5.74, 6) is 0. The minimum atomic E-state index is 1.06. The molecule has 0 aromatic heterocycles. The van der Waals surface area contributed by atoms with Crippen LogP contribution in [0.25, 0.3) is 0 Å². The molecule has 1 nitrogen and oxygen atoms in total. The molecule has 0 aromatic carbocycles. The number of nitrogens with zero attached hydrogens (tertiary/aromatic N) is 1. The van der Waals surface area contributed by atoms with Gasteiger partial charge in [0.15, 0.2) is 0 Å². The summed E-state index contributed by atoms with van der Waals surface area (Å²) in [5, 5.41) is 0. The van der Waals surface area contributed by atoms with Crippen LogP contribution < -0.4 is 0 Å². The maximum Gasteiger partial charge on any atom is 0.0231 e. The third-order valence-electron chi connectivity index (χ3n) is 0.814. The molecule has 0 aromatic rings. The molecule has 0 radical (unpaired) electrons. The molecule has 0 saturated heterocycles. The molecule has 0 amide bonds. The second-order valence-corrected chi connectivity index (χ2v) is 1.45. The molecule has 0 fully saturated rings. The summed E-state index contributed by atoms with van der Waals surface area (Å²) in [5.41, 5.74) is 1.22. The van der Waals surface area contributed by atoms with Crippen LogP contribution in [0.1, 0.15) is 27.2 Å². The van der Waals surface area contributed by atoms with Crippen molar-refractivity contribution in [1.82, 2.24) is 0 Å². The smallest absolute Gasteiger partial charge is 0.0231 e. The standard InChI is InChI=1S/C5H7N.C2H6/c1-5-3-2-4-6-5;1-2/h2,4H,3H2,1H3;1-2H3. The average molecular weight is 111 g/mol. The van der Waals surface area contributed by atoms with Gasteiger partial charge in [0.2, 0.25) is 0 Å². The summed E-state index contributed by atoms with van der Waals surface area (Å²) in [7, 11) is 0. The Bertz CT molecular complexity index is 101. The highest BCUT2D eigenvalue weighted by atomic mass is 14.7. The number of hydrogen-bond acceptors (Lipinski definition) is 1. The zero-order valence-corrected chi connectivity index (χ0v) is 5.81. The summed E-state index contributed by atoms with van der Waals surface area (Å²) in [6, 6.07) is 0. The maximum absolute atomic E-state index is 3.97. The van der Waals surface area contributed by atoms with Gasteiger partial charge >= 0.3 is 0 Å². The van der Waals surface area contributed by atoms with Gasteiger partial charge in [0.1, 0.15) is 0 Å². The summed E-state index contributed by atoms with van der Waals surface area (Å²) < 4.78 is 0. The molecule has 0 atom stereocenters. The zero-order valence-electron chi connectivity index (χ0n) is 5.81. The summed E-state index contributed by atoms with van der Waals surface area (Å²) in [6.45, 7) is 6.03. The Labute approximate surface area is 51.1 Å². The Morgan fingerprint density at radius 2 is 2.12 bits per heavy atom. The highest BCUT2D eigenvalue weighted by Crippen LogP contribution is 1.96. The maximum atomic E-state index is 3.97. The van der Waals surface area contributed by atoms with E-state index in [9.17, 15) is 0 Å². The first-order chi connectivity index (χ1) is 3.89. The summed E-state index contributed by atoms with van der Waals surface area (Å²) in [6.07, 6.45) is 4.95. The minimum absolute atomic E-state index is 1.06. The van der Waals surface area contributed by atoms with Gasteiger partial charge in [0.05, 0.1) is 0 Å². The lowest BCUT2D eigenvalue weighted by molar-refractivity contribution is 1.50. The van der Waals surface area contributed by atoms with E-state index in [1.54, 1.807) is 0 Å². The third-order valence-corrected chi connectivity index (χ3v) is 0.814. The molecule has 8 heavy (non-hydrogen) atoms. The van der Waals surface area contributed by atoms with Crippen molar-refractivity contribution in [3.05, 3.63) is 12.3 Å². The van der Waals surface area contributed by atoms with Gasteiger partial charge < -0.3 is 0 Å². The van der Waals surface area contributed by atoms with Crippen LogP contribution in [-0.2, 0) is 0 Å². The van der Waals surface area contributed by atoms with Crippen LogP contribution in [0.5, 0.6) is 0 Å². The van der Waals surface area contributed by atoms with Gasteiger partial charge in [-0.1, -0.05) is 19.9 Å². The first kappa shape index (κ1) is 7.41. The van der Waals surface area contributed by atoms with Gasteiger partial charge in [-0.25, -0.2) is 0 Å². The van der Waals surface area contributed by atoms with Crippen LogP contribution in [0.15, 0.2) is 17.3 Å². The quantitative estimate of drug-likeness (QED) is 0.455. The molecule has 1 heteroatoms. The van der Waals surface area contributed by atoms with E-state index < -0.39 is 0 Å². The molecule has 1 heterocycles. The normalized spacial score (nSPS) is 14.6. The van der Waals surface area contributed by atoms with Gasteiger partial charge in [0, 0.05) is 18.3 Å². The van der Waals surface area contributed by atoms with E-state index in [-0.39, 0.29) is 0 Å². The fraction of sp³-hybridized carbons (Fsp3) is 0.571. The Hall–Kier alpha value is -0.590. The lowest BCUT2D eigenvalue weighted by atomic mass is 10.3. The van der Waals surface area contributed by atoms with Crippen molar-refractivity contribution in [2.45, 2.75) is 27.2 Å². The summed E-state index contributed by atoms with van der Waals surface area (Å²) in [4.78, 5) is 3.97.